The fraction of sp³-hybridized carbons (Fsp3) is 0.400. The number of fused-ring (bicyclic) bond motifs is 1. The minimum absolute atomic E-state index is 0.0633. The van der Waals surface area contributed by atoms with Gasteiger partial charge in [0, 0.05) is 19.6 Å². The van der Waals surface area contributed by atoms with Crippen molar-refractivity contribution in [3.05, 3.63) is 53.6 Å². The lowest BCUT2D eigenvalue weighted by Crippen LogP contribution is -2.44. The molecule has 0 bridgehead atoms. The number of amides is 1. The third kappa shape index (κ3) is 3.95. The predicted octanol–water partition coefficient (Wildman–Crippen LogP) is 2.15. The molecular formula is C20H23FN6O. The van der Waals surface area contributed by atoms with Crippen LogP contribution in [0.25, 0.3) is 5.65 Å². The zero-order valence-electron chi connectivity index (χ0n) is 15.8. The van der Waals surface area contributed by atoms with Gasteiger partial charge in [0.1, 0.15) is 11.6 Å². The number of piperidine rings is 1. The second kappa shape index (κ2) is 7.92. The second-order valence-corrected chi connectivity index (χ2v) is 7.16. The number of nitrogens with one attached hydrogen (secondary N) is 1. The molecule has 1 N–H and O–H groups in total. The van der Waals surface area contributed by atoms with E-state index >= 15 is 0 Å². The topological polar surface area (TPSA) is 75.4 Å². The van der Waals surface area contributed by atoms with Crippen LogP contribution in [0.1, 0.15) is 24.2 Å². The molecule has 7 nitrogen and oxygen atoms in total. The highest BCUT2D eigenvalue weighted by Gasteiger charge is 2.26. The molecule has 2 aromatic heterocycles. The fourth-order valence-corrected chi connectivity index (χ4v) is 3.58. The van der Waals surface area contributed by atoms with Gasteiger partial charge in [0.25, 0.3) is 0 Å². The lowest BCUT2D eigenvalue weighted by molar-refractivity contribution is -0.125. The van der Waals surface area contributed by atoms with Gasteiger partial charge in [0.15, 0.2) is 11.5 Å². The molecule has 1 amide bonds. The summed E-state index contributed by atoms with van der Waals surface area (Å²) in [6, 6.07) is 10.2. The molecule has 8 heteroatoms. The summed E-state index contributed by atoms with van der Waals surface area (Å²) in [6.07, 6.45) is 2.50. The molecule has 1 atom stereocenters. The Hall–Kier alpha value is -3.03. The summed E-state index contributed by atoms with van der Waals surface area (Å²) in [6.45, 7) is 3.93. The molecule has 4 rings (SSSR count). The Morgan fingerprint density at radius 2 is 2.04 bits per heavy atom. The SMILES string of the molecule is Cc1nnc2ccc(N3CCC[C@H](C(=O)NCCc4ccc(F)cc4)C3)nn12. The Morgan fingerprint density at radius 1 is 1.21 bits per heavy atom. The van der Waals surface area contributed by atoms with E-state index in [-0.39, 0.29) is 17.6 Å². The zero-order valence-corrected chi connectivity index (χ0v) is 15.8. The maximum atomic E-state index is 13.0. The third-order valence-corrected chi connectivity index (χ3v) is 5.15. The summed E-state index contributed by atoms with van der Waals surface area (Å²) >= 11 is 0. The fourth-order valence-electron chi connectivity index (χ4n) is 3.58. The monoisotopic (exact) mass is 382 g/mol. The van der Waals surface area contributed by atoms with Crippen LogP contribution in [-0.2, 0) is 11.2 Å². The van der Waals surface area contributed by atoms with E-state index in [2.05, 4.69) is 25.5 Å². The Bertz CT molecular complexity index is 970. The quantitative estimate of drug-likeness (QED) is 0.732. The molecule has 3 heterocycles. The van der Waals surface area contributed by atoms with Gasteiger partial charge in [0.05, 0.1) is 5.92 Å². The minimum Gasteiger partial charge on any atom is -0.355 e. The first-order valence-electron chi connectivity index (χ1n) is 9.56. The number of hydrogen-bond donors (Lipinski definition) is 1. The third-order valence-electron chi connectivity index (χ3n) is 5.15. The van der Waals surface area contributed by atoms with Gasteiger partial charge in [-0.15, -0.1) is 15.3 Å². The van der Waals surface area contributed by atoms with Gasteiger partial charge in [-0.3, -0.25) is 4.79 Å². The standard InChI is InChI=1S/C20H23FN6O/c1-14-23-24-18-8-9-19(25-27(14)18)26-12-2-3-16(13-26)20(28)22-11-10-15-4-6-17(21)7-5-15/h4-9,16H,2-3,10-13H2,1H3,(H,22,28)/t16-/m0/s1. The van der Waals surface area contributed by atoms with Gasteiger partial charge >= 0.3 is 0 Å². The Morgan fingerprint density at radius 3 is 2.86 bits per heavy atom. The molecule has 0 saturated carbocycles. The van der Waals surface area contributed by atoms with Crippen molar-refractivity contribution in [2.24, 2.45) is 5.92 Å². The van der Waals surface area contributed by atoms with Crippen LogP contribution in [0, 0.1) is 18.7 Å². The molecule has 0 unspecified atom stereocenters. The molecule has 28 heavy (non-hydrogen) atoms. The van der Waals surface area contributed by atoms with Crippen molar-refractivity contribution in [1.82, 2.24) is 25.1 Å². The molecule has 3 aromatic rings. The number of nitrogens with zero attached hydrogens (tertiary/aromatic N) is 5. The number of halogens is 1. The van der Waals surface area contributed by atoms with Crippen molar-refractivity contribution in [3.63, 3.8) is 0 Å². The minimum atomic E-state index is -0.247. The van der Waals surface area contributed by atoms with Crippen LogP contribution in [-0.4, -0.2) is 45.4 Å². The molecule has 1 fully saturated rings. The van der Waals surface area contributed by atoms with Crippen LogP contribution in [0.3, 0.4) is 0 Å². The van der Waals surface area contributed by atoms with E-state index in [0.29, 0.717) is 25.2 Å². The average Bonchev–Trinajstić information content (AvgIpc) is 3.10. The Labute approximate surface area is 162 Å². The number of aryl methyl sites for hydroxylation is 1. The van der Waals surface area contributed by atoms with Crippen LogP contribution in [0.2, 0.25) is 0 Å². The highest BCUT2D eigenvalue weighted by Crippen LogP contribution is 2.22. The average molecular weight is 382 g/mol. The largest absolute Gasteiger partial charge is 0.355 e. The van der Waals surface area contributed by atoms with Crippen molar-refractivity contribution in [3.8, 4) is 0 Å². The van der Waals surface area contributed by atoms with E-state index < -0.39 is 0 Å². The smallest absolute Gasteiger partial charge is 0.224 e. The van der Waals surface area contributed by atoms with Gasteiger partial charge in [-0.25, -0.2) is 4.39 Å². The molecule has 1 aliphatic rings. The van der Waals surface area contributed by atoms with Crippen molar-refractivity contribution in [1.29, 1.82) is 0 Å². The van der Waals surface area contributed by atoms with E-state index in [1.807, 2.05) is 19.1 Å². The van der Waals surface area contributed by atoms with Crippen LogP contribution < -0.4 is 10.2 Å². The van der Waals surface area contributed by atoms with E-state index in [1.54, 1.807) is 16.6 Å². The number of carbonyl (C=O) groups is 1. The molecule has 1 aliphatic heterocycles. The number of carbonyl (C=O) groups excluding carboxylic acids is 1. The van der Waals surface area contributed by atoms with E-state index in [4.69, 9.17) is 0 Å². The van der Waals surface area contributed by atoms with Crippen LogP contribution >= 0.6 is 0 Å². The summed E-state index contributed by atoms with van der Waals surface area (Å²) in [5, 5.41) is 15.7. The molecule has 0 radical (unpaired) electrons. The molecule has 0 spiro atoms. The first-order chi connectivity index (χ1) is 13.6. The van der Waals surface area contributed by atoms with Crippen molar-refractivity contribution in [2.45, 2.75) is 26.2 Å². The summed E-state index contributed by atoms with van der Waals surface area (Å²) in [7, 11) is 0. The van der Waals surface area contributed by atoms with Crippen LogP contribution in [0.15, 0.2) is 36.4 Å². The molecule has 1 saturated heterocycles. The Kier molecular flexibility index (Phi) is 5.18. The van der Waals surface area contributed by atoms with Gasteiger partial charge in [0.2, 0.25) is 5.91 Å². The normalized spacial score (nSPS) is 17.1. The number of aromatic nitrogens is 4. The summed E-state index contributed by atoms with van der Waals surface area (Å²) in [5.41, 5.74) is 1.72. The van der Waals surface area contributed by atoms with E-state index in [0.717, 1.165) is 36.6 Å². The summed E-state index contributed by atoms with van der Waals surface area (Å²) < 4.78 is 14.7. The van der Waals surface area contributed by atoms with Crippen molar-refractivity contribution < 1.29 is 9.18 Å². The van der Waals surface area contributed by atoms with Gasteiger partial charge in [-0.2, -0.15) is 4.52 Å². The summed E-state index contributed by atoms with van der Waals surface area (Å²) in [5.74, 6) is 1.32. The molecule has 146 valence electrons. The summed E-state index contributed by atoms with van der Waals surface area (Å²) in [4.78, 5) is 14.7. The molecule has 0 aliphatic carbocycles. The van der Waals surface area contributed by atoms with Gasteiger partial charge in [-0.1, -0.05) is 12.1 Å². The second-order valence-electron chi connectivity index (χ2n) is 7.16. The van der Waals surface area contributed by atoms with Crippen LogP contribution in [0.5, 0.6) is 0 Å². The molecular weight excluding hydrogens is 359 g/mol. The van der Waals surface area contributed by atoms with Gasteiger partial charge < -0.3 is 10.2 Å². The van der Waals surface area contributed by atoms with E-state index in [9.17, 15) is 9.18 Å². The predicted molar refractivity (Wildman–Crippen MR) is 104 cm³/mol. The Balaban J connectivity index is 1.35. The first kappa shape index (κ1) is 18.3. The number of benzene rings is 1. The maximum Gasteiger partial charge on any atom is 0.224 e. The number of hydrogen-bond acceptors (Lipinski definition) is 5. The highest BCUT2D eigenvalue weighted by molar-refractivity contribution is 5.79. The zero-order chi connectivity index (χ0) is 19.5. The highest BCUT2D eigenvalue weighted by atomic mass is 19.1. The van der Waals surface area contributed by atoms with Crippen molar-refractivity contribution in [2.75, 3.05) is 24.5 Å². The molecule has 1 aromatic carbocycles. The lowest BCUT2D eigenvalue weighted by Gasteiger charge is -2.32. The lowest BCUT2D eigenvalue weighted by atomic mass is 9.97. The van der Waals surface area contributed by atoms with E-state index in [1.165, 1.54) is 12.1 Å². The first-order valence-corrected chi connectivity index (χ1v) is 9.56. The number of anilines is 1. The maximum absolute atomic E-state index is 13.0. The van der Waals surface area contributed by atoms with Gasteiger partial charge in [-0.05, 0) is 56.0 Å². The van der Waals surface area contributed by atoms with Crippen LogP contribution in [0.4, 0.5) is 10.2 Å². The number of rotatable bonds is 5. The van der Waals surface area contributed by atoms with Crippen molar-refractivity contribution >= 4 is 17.4 Å².